The molecule has 124 valence electrons. The summed E-state index contributed by atoms with van der Waals surface area (Å²) in [5.41, 5.74) is 3.28. The maximum Gasteiger partial charge on any atom is 0.320 e. The van der Waals surface area contributed by atoms with Gasteiger partial charge in [-0.15, -0.1) is 0 Å². The van der Waals surface area contributed by atoms with Crippen molar-refractivity contribution in [3.8, 4) is 0 Å². The molecule has 3 rings (SSSR count). The zero-order valence-corrected chi connectivity index (χ0v) is 13.9. The summed E-state index contributed by atoms with van der Waals surface area (Å²) in [5, 5.41) is 5.61. The van der Waals surface area contributed by atoms with Crippen molar-refractivity contribution in [1.29, 1.82) is 0 Å². The molecule has 3 heterocycles. The van der Waals surface area contributed by atoms with Gasteiger partial charge in [-0.1, -0.05) is 6.92 Å². The van der Waals surface area contributed by atoms with Crippen LogP contribution in [0.4, 0.5) is 10.6 Å². The van der Waals surface area contributed by atoms with E-state index in [1.165, 1.54) is 5.56 Å². The van der Waals surface area contributed by atoms with Crippen LogP contribution >= 0.6 is 0 Å². The first-order chi connectivity index (χ1) is 11.2. The molecule has 3 N–H and O–H groups in total. The number of nitrogens with zero attached hydrogens (tertiary/aromatic N) is 2. The Kier molecular flexibility index (Phi) is 4.81. The minimum absolute atomic E-state index is 0.199. The van der Waals surface area contributed by atoms with Crippen molar-refractivity contribution in [2.45, 2.75) is 32.1 Å². The van der Waals surface area contributed by atoms with Crippen LogP contribution in [0.3, 0.4) is 0 Å². The third-order valence-corrected chi connectivity index (χ3v) is 4.49. The van der Waals surface area contributed by atoms with Crippen LogP contribution in [-0.2, 0) is 0 Å². The first kappa shape index (κ1) is 15.8. The first-order valence-corrected chi connectivity index (χ1v) is 8.38. The predicted molar refractivity (Wildman–Crippen MR) is 92.9 cm³/mol. The number of urea groups is 1. The molecule has 0 radical (unpaired) electrons. The molecular weight excluding hydrogens is 290 g/mol. The van der Waals surface area contributed by atoms with Crippen LogP contribution in [0.5, 0.6) is 0 Å². The second-order valence-corrected chi connectivity index (χ2v) is 6.30. The Morgan fingerprint density at radius 2 is 2.17 bits per heavy atom. The Morgan fingerprint density at radius 1 is 1.39 bits per heavy atom. The van der Waals surface area contributed by atoms with E-state index in [-0.39, 0.29) is 6.03 Å². The van der Waals surface area contributed by atoms with Gasteiger partial charge in [0, 0.05) is 12.7 Å². The quantitative estimate of drug-likeness (QED) is 0.812. The highest BCUT2D eigenvalue weighted by Gasteiger charge is 2.21. The molecule has 0 aliphatic carbocycles. The number of rotatable bonds is 4. The average molecular weight is 315 g/mol. The van der Waals surface area contributed by atoms with E-state index in [1.807, 2.05) is 19.1 Å². The highest BCUT2D eigenvalue weighted by atomic mass is 16.2. The van der Waals surface area contributed by atoms with E-state index in [2.05, 4.69) is 38.7 Å². The van der Waals surface area contributed by atoms with Crippen molar-refractivity contribution in [2.24, 2.45) is 0 Å². The Hall–Kier alpha value is -2.08. The Bertz CT molecular complexity index is 673. The average Bonchev–Trinajstić information content (AvgIpc) is 2.97. The number of hydrogen-bond acceptors (Lipinski definition) is 3. The number of anilines is 1. The van der Waals surface area contributed by atoms with E-state index in [1.54, 1.807) is 0 Å². The number of aromatic amines is 1. The maximum atomic E-state index is 11.8. The molecule has 0 atom stereocenters. The third kappa shape index (κ3) is 3.64. The van der Waals surface area contributed by atoms with Crippen LogP contribution in [0.15, 0.2) is 18.3 Å². The van der Waals surface area contributed by atoms with E-state index in [9.17, 15) is 4.79 Å². The number of hydrogen-bond donors (Lipinski definition) is 3. The van der Waals surface area contributed by atoms with Crippen molar-refractivity contribution >= 4 is 22.9 Å². The van der Waals surface area contributed by atoms with E-state index < -0.39 is 0 Å². The van der Waals surface area contributed by atoms with Crippen LogP contribution in [0, 0.1) is 0 Å². The predicted octanol–water partition coefficient (Wildman–Crippen LogP) is 2.90. The summed E-state index contributed by atoms with van der Waals surface area (Å²) in [6, 6.07) is 3.62. The summed E-state index contributed by atoms with van der Waals surface area (Å²) >= 11 is 0. The molecule has 2 aromatic rings. The largest absolute Gasteiger partial charge is 0.360 e. The number of pyridine rings is 1. The van der Waals surface area contributed by atoms with Crippen LogP contribution in [0.25, 0.3) is 11.0 Å². The lowest BCUT2D eigenvalue weighted by atomic mass is 9.91. The van der Waals surface area contributed by atoms with E-state index >= 15 is 0 Å². The molecule has 0 saturated carbocycles. The molecule has 1 saturated heterocycles. The second kappa shape index (κ2) is 7.00. The number of amides is 2. The summed E-state index contributed by atoms with van der Waals surface area (Å²) in [4.78, 5) is 22.1. The van der Waals surface area contributed by atoms with Gasteiger partial charge >= 0.3 is 6.03 Å². The number of aromatic nitrogens is 2. The number of carbonyl (C=O) groups is 1. The SMILES string of the molecule is CCCNC(=O)Nc1ccc2[nH]cc(C3CCN(C)CC3)c2n1. The van der Waals surface area contributed by atoms with Crippen LogP contribution < -0.4 is 10.6 Å². The fourth-order valence-corrected chi connectivity index (χ4v) is 3.12. The van der Waals surface area contributed by atoms with Crippen molar-refractivity contribution in [1.82, 2.24) is 20.2 Å². The Balaban J connectivity index is 1.78. The standard InChI is InChI=1S/C17H25N5O/c1-3-8-18-17(23)21-15-5-4-14-16(20-15)13(11-19-14)12-6-9-22(2)10-7-12/h4-5,11-12,19H,3,6-10H2,1-2H3,(H2,18,20,21,23). The summed E-state index contributed by atoms with van der Waals surface area (Å²) in [5.74, 6) is 1.14. The maximum absolute atomic E-state index is 11.8. The fraction of sp³-hybridized carbons (Fsp3) is 0.529. The van der Waals surface area contributed by atoms with Crippen molar-refractivity contribution in [3.63, 3.8) is 0 Å². The van der Waals surface area contributed by atoms with Gasteiger partial charge in [-0.3, -0.25) is 5.32 Å². The molecule has 23 heavy (non-hydrogen) atoms. The van der Waals surface area contributed by atoms with E-state index in [4.69, 9.17) is 0 Å². The molecule has 2 aromatic heterocycles. The van der Waals surface area contributed by atoms with E-state index in [0.29, 0.717) is 18.3 Å². The van der Waals surface area contributed by atoms with Gasteiger partial charge in [0.2, 0.25) is 0 Å². The number of carbonyl (C=O) groups excluding carboxylic acids is 1. The minimum atomic E-state index is -0.199. The van der Waals surface area contributed by atoms with Crippen molar-refractivity contribution in [3.05, 3.63) is 23.9 Å². The molecule has 1 aliphatic rings. The zero-order valence-electron chi connectivity index (χ0n) is 13.9. The molecule has 0 bridgehead atoms. The van der Waals surface area contributed by atoms with E-state index in [0.717, 1.165) is 43.4 Å². The Morgan fingerprint density at radius 3 is 2.91 bits per heavy atom. The fourth-order valence-electron chi connectivity index (χ4n) is 3.12. The lowest BCUT2D eigenvalue weighted by molar-refractivity contribution is 0.252. The molecule has 0 aromatic carbocycles. The lowest BCUT2D eigenvalue weighted by Crippen LogP contribution is -2.29. The summed E-state index contributed by atoms with van der Waals surface area (Å²) in [6.07, 6.45) is 5.30. The van der Waals surface area contributed by atoms with Gasteiger partial charge < -0.3 is 15.2 Å². The van der Waals surface area contributed by atoms with Gasteiger partial charge in [0.05, 0.1) is 11.0 Å². The van der Waals surface area contributed by atoms with Crippen LogP contribution in [0.1, 0.15) is 37.7 Å². The molecule has 2 amide bonds. The molecule has 6 nitrogen and oxygen atoms in total. The number of fused-ring (bicyclic) bond motifs is 1. The second-order valence-electron chi connectivity index (χ2n) is 6.30. The molecule has 0 spiro atoms. The van der Waals surface area contributed by atoms with Gasteiger partial charge in [0.1, 0.15) is 5.82 Å². The topological polar surface area (TPSA) is 73.1 Å². The molecule has 0 unspecified atom stereocenters. The Labute approximate surface area is 136 Å². The monoisotopic (exact) mass is 315 g/mol. The number of piperidine rings is 1. The highest BCUT2D eigenvalue weighted by Crippen LogP contribution is 2.32. The summed E-state index contributed by atoms with van der Waals surface area (Å²) in [7, 11) is 2.17. The van der Waals surface area contributed by atoms with Gasteiger partial charge in [0.15, 0.2) is 0 Å². The molecule has 1 fully saturated rings. The number of likely N-dealkylation sites (tertiary alicyclic amines) is 1. The van der Waals surface area contributed by atoms with Crippen LogP contribution in [-0.4, -0.2) is 47.6 Å². The van der Waals surface area contributed by atoms with Gasteiger partial charge in [-0.25, -0.2) is 9.78 Å². The van der Waals surface area contributed by atoms with Gasteiger partial charge in [-0.05, 0) is 63.0 Å². The molecular formula is C17H25N5O. The molecule has 6 heteroatoms. The molecule has 1 aliphatic heterocycles. The number of nitrogens with one attached hydrogen (secondary N) is 3. The number of H-pyrrole nitrogens is 1. The summed E-state index contributed by atoms with van der Waals surface area (Å²) in [6.45, 7) is 4.93. The lowest BCUT2D eigenvalue weighted by Gasteiger charge is -2.28. The normalized spacial score (nSPS) is 16.6. The first-order valence-electron chi connectivity index (χ1n) is 8.38. The smallest absolute Gasteiger partial charge is 0.320 e. The van der Waals surface area contributed by atoms with Gasteiger partial charge in [-0.2, -0.15) is 0 Å². The zero-order chi connectivity index (χ0) is 16.2. The summed E-state index contributed by atoms with van der Waals surface area (Å²) < 4.78 is 0. The van der Waals surface area contributed by atoms with Gasteiger partial charge in [0.25, 0.3) is 0 Å². The van der Waals surface area contributed by atoms with Crippen molar-refractivity contribution < 1.29 is 4.79 Å². The van der Waals surface area contributed by atoms with Crippen molar-refractivity contribution in [2.75, 3.05) is 32.0 Å². The van der Waals surface area contributed by atoms with Crippen LogP contribution in [0.2, 0.25) is 0 Å². The highest BCUT2D eigenvalue weighted by molar-refractivity contribution is 5.90. The minimum Gasteiger partial charge on any atom is -0.360 e. The third-order valence-electron chi connectivity index (χ3n) is 4.49.